The van der Waals surface area contributed by atoms with Gasteiger partial charge >= 0.3 is 5.97 Å². The van der Waals surface area contributed by atoms with E-state index in [0.29, 0.717) is 39.8 Å². The zero-order chi connectivity index (χ0) is 31.9. The molecule has 2 atom stereocenters. The lowest BCUT2D eigenvalue weighted by Gasteiger charge is -2.23. The second kappa shape index (κ2) is 11.4. The number of anilines is 2. The topological polar surface area (TPSA) is 178 Å². The molecular formula is C32H29FN8O4. The van der Waals surface area contributed by atoms with E-state index in [1.807, 2.05) is 18.2 Å². The Hall–Kier alpha value is -5.72. The van der Waals surface area contributed by atoms with Crippen LogP contribution in [-0.2, 0) is 32.8 Å². The van der Waals surface area contributed by atoms with Gasteiger partial charge < -0.3 is 21.5 Å². The van der Waals surface area contributed by atoms with Gasteiger partial charge in [-0.25, -0.2) is 24.0 Å². The molecule has 0 aliphatic carbocycles. The van der Waals surface area contributed by atoms with E-state index in [2.05, 4.69) is 30.7 Å². The minimum absolute atomic E-state index is 0.102. The number of rotatable bonds is 9. The minimum atomic E-state index is -1.20. The Morgan fingerprint density at radius 3 is 2.60 bits per heavy atom. The number of pyridine rings is 1. The molecule has 2 amide bonds. The smallest absolute Gasteiger partial charge is 0.325 e. The highest BCUT2D eigenvalue weighted by atomic mass is 19.1. The van der Waals surface area contributed by atoms with E-state index in [0.717, 1.165) is 5.56 Å². The second-order valence-electron chi connectivity index (χ2n) is 11.0. The molecule has 1 aliphatic rings. The summed E-state index contributed by atoms with van der Waals surface area (Å²) in [5.41, 5.74) is 8.59. The highest BCUT2D eigenvalue weighted by molar-refractivity contribution is 6.09. The summed E-state index contributed by atoms with van der Waals surface area (Å²) in [6, 6.07) is 16.2. The maximum atomic E-state index is 14.4. The first kappa shape index (κ1) is 29.4. The minimum Gasteiger partial charge on any atom is -0.480 e. The first-order valence-electron chi connectivity index (χ1n) is 14.2. The molecule has 12 nitrogen and oxygen atoms in total. The van der Waals surface area contributed by atoms with E-state index in [1.54, 1.807) is 54.2 Å². The SMILES string of the molecule is C[C@@H](NC(=O)CCc1ccc(C2(C)C(=O)Nc3nc(-c4nn(Cc5ccccc5F)c5ncccc45)nc(N)c32)cc1)C(=O)O. The monoisotopic (exact) mass is 608 g/mol. The van der Waals surface area contributed by atoms with Gasteiger partial charge in [0.1, 0.15) is 34.6 Å². The number of nitrogens with two attached hydrogens (primary N) is 1. The molecule has 0 saturated carbocycles. The molecule has 0 spiro atoms. The van der Waals surface area contributed by atoms with Gasteiger partial charge in [0.25, 0.3) is 0 Å². The summed E-state index contributed by atoms with van der Waals surface area (Å²) < 4.78 is 16.0. The molecule has 0 bridgehead atoms. The lowest BCUT2D eigenvalue weighted by Crippen LogP contribution is -2.38. The van der Waals surface area contributed by atoms with Gasteiger partial charge in [-0.3, -0.25) is 14.4 Å². The lowest BCUT2D eigenvalue weighted by molar-refractivity contribution is -0.141. The van der Waals surface area contributed by atoms with Crippen molar-refractivity contribution >= 4 is 40.5 Å². The third-order valence-electron chi connectivity index (χ3n) is 8.04. The quantitative estimate of drug-likeness (QED) is 0.195. The Kier molecular flexibility index (Phi) is 7.44. The van der Waals surface area contributed by atoms with E-state index in [4.69, 9.17) is 10.8 Å². The fourth-order valence-electron chi connectivity index (χ4n) is 5.50. The fourth-order valence-corrected chi connectivity index (χ4v) is 5.50. The van der Waals surface area contributed by atoms with Gasteiger partial charge in [-0.2, -0.15) is 5.10 Å². The number of nitrogens with zero attached hydrogens (tertiary/aromatic N) is 5. The van der Waals surface area contributed by atoms with Gasteiger partial charge in [0.2, 0.25) is 11.8 Å². The number of nitrogens with one attached hydrogen (secondary N) is 2. The zero-order valence-corrected chi connectivity index (χ0v) is 24.4. The van der Waals surface area contributed by atoms with Crippen LogP contribution in [0.5, 0.6) is 0 Å². The van der Waals surface area contributed by atoms with E-state index >= 15 is 0 Å². The van der Waals surface area contributed by atoms with Crippen LogP contribution >= 0.6 is 0 Å². The van der Waals surface area contributed by atoms with Crippen LogP contribution in [0.2, 0.25) is 0 Å². The van der Waals surface area contributed by atoms with Crippen molar-refractivity contribution in [1.82, 2.24) is 30.0 Å². The molecule has 13 heteroatoms. The number of carbonyl (C=O) groups excluding carboxylic acids is 2. The van der Waals surface area contributed by atoms with Crippen LogP contribution in [-0.4, -0.2) is 53.7 Å². The van der Waals surface area contributed by atoms with E-state index in [1.165, 1.54) is 13.0 Å². The van der Waals surface area contributed by atoms with Gasteiger partial charge in [0, 0.05) is 18.2 Å². The highest BCUT2D eigenvalue weighted by Crippen LogP contribution is 2.45. The van der Waals surface area contributed by atoms with Crippen LogP contribution in [0.4, 0.5) is 16.0 Å². The Bertz CT molecular complexity index is 1980. The number of amides is 2. The number of benzene rings is 2. The predicted molar refractivity (Wildman–Crippen MR) is 164 cm³/mol. The summed E-state index contributed by atoms with van der Waals surface area (Å²) in [4.78, 5) is 50.2. The number of nitrogen functional groups attached to an aromatic ring is 1. The van der Waals surface area contributed by atoms with Crippen molar-refractivity contribution in [3.05, 3.63) is 94.9 Å². The number of carboxylic acids is 1. The molecule has 0 radical (unpaired) electrons. The standard InChI is InChI=1S/C32H29FN8O4/c1-17(30(43)44)36-23(42)14-11-18-9-12-20(13-10-18)32(2)24-26(34)37-28(38-27(24)39-31(32)45)25-21-7-5-15-35-29(21)41(40-25)16-19-6-3-4-8-22(19)33/h3-10,12-13,15,17H,11,14,16H2,1-2H3,(H,36,42)(H,43,44)(H3,34,37,38,39,45)/t17-,32?/m1/s1. The molecule has 0 saturated heterocycles. The Morgan fingerprint density at radius 2 is 1.87 bits per heavy atom. The van der Waals surface area contributed by atoms with Gasteiger partial charge in [-0.15, -0.1) is 0 Å². The van der Waals surface area contributed by atoms with Crippen LogP contribution in [0.15, 0.2) is 66.9 Å². The summed E-state index contributed by atoms with van der Waals surface area (Å²) in [6.07, 6.45) is 2.12. The number of aliphatic carboxylic acids is 1. The van der Waals surface area contributed by atoms with Crippen molar-refractivity contribution in [1.29, 1.82) is 0 Å². The number of aryl methyl sites for hydroxylation is 1. The summed E-state index contributed by atoms with van der Waals surface area (Å²) in [7, 11) is 0. The van der Waals surface area contributed by atoms with E-state index in [-0.39, 0.29) is 48.1 Å². The average Bonchev–Trinajstić information content (AvgIpc) is 3.52. The van der Waals surface area contributed by atoms with Gasteiger partial charge in [-0.1, -0.05) is 42.5 Å². The normalized spacial score (nSPS) is 16.3. The first-order chi connectivity index (χ1) is 21.6. The molecule has 2 aromatic carbocycles. The van der Waals surface area contributed by atoms with Gasteiger partial charge in [0.05, 0.1) is 17.5 Å². The van der Waals surface area contributed by atoms with Crippen molar-refractivity contribution in [3.63, 3.8) is 0 Å². The van der Waals surface area contributed by atoms with Crippen molar-refractivity contribution in [3.8, 4) is 11.5 Å². The number of halogens is 1. The maximum Gasteiger partial charge on any atom is 0.325 e. The van der Waals surface area contributed by atoms with Crippen molar-refractivity contribution in [2.75, 3.05) is 11.1 Å². The summed E-state index contributed by atoms with van der Waals surface area (Å²) in [6.45, 7) is 3.28. The molecular weight excluding hydrogens is 579 g/mol. The number of hydrogen-bond acceptors (Lipinski definition) is 8. The number of carbonyl (C=O) groups is 3. The average molecular weight is 609 g/mol. The lowest BCUT2D eigenvalue weighted by atomic mass is 9.77. The largest absolute Gasteiger partial charge is 0.480 e. The van der Waals surface area contributed by atoms with Gasteiger partial charge in [0.15, 0.2) is 11.5 Å². The third kappa shape index (κ3) is 5.32. The van der Waals surface area contributed by atoms with E-state index < -0.39 is 17.4 Å². The molecule has 1 unspecified atom stereocenters. The van der Waals surface area contributed by atoms with Crippen LogP contribution in [0.1, 0.15) is 42.5 Å². The van der Waals surface area contributed by atoms with Crippen LogP contribution in [0.3, 0.4) is 0 Å². The summed E-state index contributed by atoms with van der Waals surface area (Å²) in [5.74, 6) is -1.61. The number of hydrogen-bond donors (Lipinski definition) is 4. The molecule has 0 fully saturated rings. The molecule has 3 aromatic heterocycles. The zero-order valence-electron chi connectivity index (χ0n) is 24.4. The molecule has 4 heterocycles. The van der Waals surface area contributed by atoms with Crippen LogP contribution < -0.4 is 16.4 Å². The van der Waals surface area contributed by atoms with E-state index in [9.17, 15) is 18.8 Å². The fraction of sp³-hybridized carbons (Fsp3) is 0.219. The number of fused-ring (bicyclic) bond motifs is 2. The summed E-state index contributed by atoms with van der Waals surface area (Å²) >= 11 is 0. The molecule has 1 aliphatic heterocycles. The number of carboxylic acid groups (broad SMARTS) is 1. The molecule has 5 N–H and O–H groups in total. The van der Waals surface area contributed by atoms with Gasteiger partial charge in [-0.05, 0) is 49.6 Å². The maximum absolute atomic E-state index is 14.4. The molecule has 5 aromatic rings. The van der Waals surface area contributed by atoms with Crippen molar-refractivity contribution < 1.29 is 23.9 Å². The Labute approximate surface area is 256 Å². The predicted octanol–water partition coefficient (Wildman–Crippen LogP) is 3.44. The van der Waals surface area contributed by atoms with Crippen molar-refractivity contribution in [2.45, 2.75) is 44.7 Å². The second-order valence-corrected chi connectivity index (χ2v) is 11.0. The van der Waals surface area contributed by atoms with Crippen LogP contribution in [0.25, 0.3) is 22.6 Å². The number of aromatic nitrogens is 5. The molecule has 45 heavy (non-hydrogen) atoms. The molecule has 6 rings (SSSR count). The highest BCUT2D eigenvalue weighted by Gasteiger charge is 2.47. The molecule has 228 valence electrons. The first-order valence-corrected chi connectivity index (χ1v) is 14.2. The van der Waals surface area contributed by atoms with Crippen LogP contribution in [0, 0.1) is 5.82 Å². The Balaban J connectivity index is 1.29. The Morgan fingerprint density at radius 1 is 1.11 bits per heavy atom. The summed E-state index contributed by atoms with van der Waals surface area (Å²) in [5, 5.41) is 19.6. The third-order valence-corrected chi connectivity index (χ3v) is 8.04. The van der Waals surface area contributed by atoms with Crippen molar-refractivity contribution in [2.24, 2.45) is 0 Å².